The van der Waals surface area contributed by atoms with E-state index in [1.54, 1.807) is 0 Å². The molecule has 0 spiro atoms. The lowest BCUT2D eigenvalue weighted by Gasteiger charge is -2.23. The Kier molecular flexibility index (Phi) is 2.40. The molecule has 2 aliphatic rings. The van der Waals surface area contributed by atoms with E-state index in [0.29, 0.717) is 0 Å². The predicted octanol–water partition coefficient (Wildman–Crippen LogP) is 2.42. The van der Waals surface area contributed by atoms with E-state index in [0.717, 1.165) is 23.8 Å². The molecule has 0 aromatic carbocycles. The van der Waals surface area contributed by atoms with Crippen LogP contribution in [0.3, 0.4) is 0 Å². The molecule has 2 saturated carbocycles. The van der Waals surface area contributed by atoms with Gasteiger partial charge in [0.15, 0.2) is 0 Å². The third kappa shape index (κ3) is 1.66. The van der Waals surface area contributed by atoms with Gasteiger partial charge in [-0.3, -0.25) is 0 Å². The highest BCUT2D eigenvalue weighted by Crippen LogP contribution is 2.44. The average molecular weight is 167 g/mol. The minimum atomic E-state index is 0.809. The van der Waals surface area contributed by atoms with Crippen molar-refractivity contribution in [3.63, 3.8) is 0 Å². The maximum absolute atomic E-state index is 3.71. The highest BCUT2D eigenvalue weighted by molar-refractivity contribution is 4.93. The van der Waals surface area contributed by atoms with Crippen LogP contribution >= 0.6 is 0 Å². The van der Waals surface area contributed by atoms with E-state index in [1.807, 2.05) is 0 Å². The molecule has 0 heterocycles. The van der Waals surface area contributed by atoms with Crippen LogP contribution in [0.25, 0.3) is 0 Å². The molecule has 2 bridgehead atoms. The van der Waals surface area contributed by atoms with Crippen LogP contribution in [0, 0.1) is 17.8 Å². The molecule has 0 saturated heterocycles. The van der Waals surface area contributed by atoms with Gasteiger partial charge < -0.3 is 5.32 Å². The second kappa shape index (κ2) is 3.37. The van der Waals surface area contributed by atoms with Gasteiger partial charge in [-0.1, -0.05) is 20.3 Å². The van der Waals surface area contributed by atoms with E-state index in [1.165, 1.54) is 32.2 Å². The lowest BCUT2D eigenvalue weighted by molar-refractivity contribution is 0.338. The first kappa shape index (κ1) is 8.55. The van der Waals surface area contributed by atoms with Crippen LogP contribution in [0.4, 0.5) is 0 Å². The lowest BCUT2D eigenvalue weighted by atomic mass is 9.95. The van der Waals surface area contributed by atoms with Crippen LogP contribution < -0.4 is 5.32 Å². The van der Waals surface area contributed by atoms with Crippen molar-refractivity contribution in [3.8, 4) is 0 Å². The summed E-state index contributed by atoms with van der Waals surface area (Å²) >= 11 is 0. The number of hydrogen-bond donors (Lipinski definition) is 1. The molecule has 70 valence electrons. The lowest BCUT2D eigenvalue weighted by Crippen LogP contribution is -2.36. The summed E-state index contributed by atoms with van der Waals surface area (Å²) in [6.45, 7) is 5.80. The Balaban J connectivity index is 1.76. The van der Waals surface area contributed by atoms with Crippen molar-refractivity contribution < 1.29 is 0 Å². The number of fused-ring (bicyclic) bond motifs is 2. The summed E-state index contributed by atoms with van der Waals surface area (Å²) in [4.78, 5) is 0. The van der Waals surface area contributed by atoms with Gasteiger partial charge in [0.2, 0.25) is 0 Å². The van der Waals surface area contributed by atoms with Gasteiger partial charge in [0.05, 0.1) is 0 Å². The fourth-order valence-corrected chi connectivity index (χ4v) is 2.88. The van der Waals surface area contributed by atoms with Crippen LogP contribution in [0.2, 0.25) is 0 Å². The standard InChI is InChI=1S/C11H21N/c1-8(2)7-12-11-6-9-3-4-10(11)5-9/h8-12H,3-7H2,1-2H3/t9-,10+,11+/m0/s1. The molecule has 0 radical (unpaired) electrons. The first-order chi connectivity index (χ1) is 5.75. The average Bonchev–Trinajstić information content (AvgIpc) is 2.60. The van der Waals surface area contributed by atoms with Crippen molar-refractivity contribution in [1.29, 1.82) is 0 Å². The second-order valence-corrected chi connectivity index (χ2v) is 5.08. The Bertz CT molecular complexity index is 153. The topological polar surface area (TPSA) is 12.0 Å². The summed E-state index contributed by atoms with van der Waals surface area (Å²) < 4.78 is 0. The van der Waals surface area contributed by atoms with Crippen molar-refractivity contribution >= 4 is 0 Å². The zero-order valence-electron chi connectivity index (χ0n) is 8.34. The van der Waals surface area contributed by atoms with Crippen LogP contribution in [0.5, 0.6) is 0 Å². The van der Waals surface area contributed by atoms with Crippen molar-refractivity contribution in [2.45, 2.75) is 45.6 Å². The molecule has 2 fully saturated rings. The molecule has 2 aliphatic carbocycles. The molecular formula is C11H21N. The molecular weight excluding hydrogens is 146 g/mol. The van der Waals surface area contributed by atoms with Crippen molar-refractivity contribution in [3.05, 3.63) is 0 Å². The van der Waals surface area contributed by atoms with Gasteiger partial charge in [-0.05, 0) is 43.6 Å². The molecule has 0 aliphatic heterocycles. The van der Waals surface area contributed by atoms with E-state index in [9.17, 15) is 0 Å². The summed E-state index contributed by atoms with van der Waals surface area (Å²) in [7, 11) is 0. The third-order valence-corrected chi connectivity index (χ3v) is 3.53. The molecule has 0 aromatic heterocycles. The highest BCUT2D eigenvalue weighted by atomic mass is 14.9. The highest BCUT2D eigenvalue weighted by Gasteiger charge is 2.38. The molecule has 1 heteroatoms. The molecule has 0 unspecified atom stereocenters. The summed E-state index contributed by atoms with van der Waals surface area (Å²) in [6, 6.07) is 0.881. The molecule has 2 rings (SSSR count). The SMILES string of the molecule is CC(C)CN[C@@H]1C[C@H]2CC[C@@H]1C2. The van der Waals surface area contributed by atoms with Gasteiger partial charge in [0.1, 0.15) is 0 Å². The monoisotopic (exact) mass is 167 g/mol. The Labute approximate surface area is 75.9 Å². The first-order valence-corrected chi connectivity index (χ1v) is 5.49. The van der Waals surface area contributed by atoms with Gasteiger partial charge >= 0.3 is 0 Å². The molecule has 1 N–H and O–H groups in total. The van der Waals surface area contributed by atoms with Gasteiger partial charge in [-0.2, -0.15) is 0 Å². The fourth-order valence-electron chi connectivity index (χ4n) is 2.88. The number of rotatable bonds is 3. The van der Waals surface area contributed by atoms with E-state index < -0.39 is 0 Å². The number of nitrogens with one attached hydrogen (secondary N) is 1. The minimum absolute atomic E-state index is 0.809. The van der Waals surface area contributed by atoms with Gasteiger partial charge in [0, 0.05) is 6.04 Å². The summed E-state index contributed by atoms with van der Waals surface area (Å²) in [5.74, 6) is 2.93. The zero-order chi connectivity index (χ0) is 8.55. The van der Waals surface area contributed by atoms with Gasteiger partial charge in [0.25, 0.3) is 0 Å². The Hall–Kier alpha value is -0.0400. The largest absolute Gasteiger partial charge is 0.313 e. The predicted molar refractivity (Wildman–Crippen MR) is 52.1 cm³/mol. The first-order valence-electron chi connectivity index (χ1n) is 5.49. The summed E-state index contributed by atoms with van der Waals surface area (Å²) in [6.07, 6.45) is 6.01. The minimum Gasteiger partial charge on any atom is -0.313 e. The van der Waals surface area contributed by atoms with Crippen LogP contribution in [0.1, 0.15) is 39.5 Å². The zero-order valence-corrected chi connectivity index (χ0v) is 8.34. The molecule has 0 amide bonds. The van der Waals surface area contributed by atoms with E-state index >= 15 is 0 Å². The molecule has 1 nitrogen and oxygen atoms in total. The van der Waals surface area contributed by atoms with Crippen LogP contribution in [0.15, 0.2) is 0 Å². The van der Waals surface area contributed by atoms with Gasteiger partial charge in [-0.25, -0.2) is 0 Å². The number of hydrogen-bond acceptors (Lipinski definition) is 1. The van der Waals surface area contributed by atoms with Crippen molar-refractivity contribution in [1.82, 2.24) is 5.32 Å². The summed E-state index contributed by atoms with van der Waals surface area (Å²) in [5, 5.41) is 3.71. The van der Waals surface area contributed by atoms with Gasteiger partial charge in [-0.15, -0.1) is 0 Å². The fraction of sp³-hybridized carbons (Fsp3) is 1.00. The van der Waals surface area contributed by atoms with E-state index in [2.05, 4.69) is 19.2 Å². The van der Waals surface area contributed by atoms with E-state index in [-0.39, 0.29) is 0 Å². The molecule has 12 heavy (non-hydrogen) atoms. The maximum atomic E-state index is 3.71. The van der Waals surface area contributed by atoms with Crippen molar-refractivity contribution in [2.75, 3.05) is 6.54 Å². The Morgan fingerprint density at radius 2 is 2.08 bits per heavy atom. The Morgan fingerprint density at radius 1 is 1.25 bits per heavy atom. The third-order valence-electron chi connectivity index (χ3n) is 3.53. The van der Waals surface area contributed by atoms with Crippen LogP contribution in [-0.2, 0) is 0 Å². The molecule has 0 aromatic rings. The molecule has 3 atom stereocenters. The second-order valence-electron chi connectivity index (χ2n) is 5.08. The maximum Gasteiger partial charge on any atom is 0.00981 e. The summed E-state index contributed by atoms with van der Waals surface area (Å²) in [5.41, 5.74) is 0. The normalized spacial score (nSPS) is 39.8. The Morgan fingerprint density at radius 3 is 2.58 bits per heavy atom. The van der Waals surface area contributed by atoms with Crippen molar-refractivity contribution in [2.24, 2.45) is 17.8 Å². The van der Waals surface area contributed by atoms with Crippen LogP contribution in [-0.4, -0.2) is 12.6 Å². The van der Waals surface area contributed by atoms with E-state index in [4.69, 9.17) is 0 Å². The quantitative estimate of drug-likeness (QED) is 0.680. The smallest absolute Gasteiger partial charge is 0.00981 e.